The third-order valence-electron chi connectivity index (χ3n) is 4.15. The van der Waals surface area contributed by atoms with E-state index in [1.165, 1.54) is 12.3 Å². The second kappa shape index (κ2) is 4.31. The van der Waals surface area contributed by atoms with Gasteiger partial charge in [-0.3, -0.25) is 9.78 Å². The first-order chi connectivity index (χ1) is 8.66. The van der Waals surface area contributed by atoms with Crippen LogP contribution in [0, 0.1) is 17.7 Å². The van der Waals surface area contributed by atoms with Crippen LogP contribution in [0.2, 0.25) is 0 Å². The molecule has 0 bridgehead atoms. The van der Waals surface area contributed by atoms with E-state index in [1.54, 1.807) is 0 Å². The Hall–Kier alpha value is -1.49. The van der Waals surface area contributed by atoms with Crippen molar-refractivity contribution in [3.63, 3.8) is 0 Å². The first-order valence-corrected chi connectivity index (χ1v) is 6.29. The lowest BCUT2D eigenvalue weighted by atomic mass is 9.95. The summed E-state index contributed by atoms with van der Waals surface area (Å²) in [7, 11) is 0. The highest BCUT2D eigenvalue weighted by atomic mass is 19.1. The zero-order valence-electron chi connectivity index (χ0n) is 10.3. The van der Waals surface area contributed by atoms with Gasteiger partial charge in [0, 0.05) is 31.9 Å². The van der Waals surface area contributed by atoms with Crippen LogP contribution in [0.4, 0.5) is 4.39 Å². The zero-order chi connectivity index (χ0) is 12.7. The molecule has 2 saturated heterocycles. The number of hydrogen-bond donors (Lipinski definition) is 1. The van der Waals surface area contributed by atoms with Gasteiger partial charge in [-0.2, -0.15) is 0 Å². The van der Waals surface area contributed by atoms with E-state index < -0.39 is 5.82 Å². The van der Waals surface area contributed by atoms with Crippen LogP contribution in [-0.2, 0) is 0 Å². The van der Waals surface area contributed by atoms with Gasteiger partial charge in [-0.15, -0.1) is 0 Å². The van der Waals surface area contributed by atoms with Gasteiger partial charge in [0.2, 0.25) is 0 Å². The third kappa shape index (κ3) is 1.79. The number of fused-ring (bicyclic) bond motifs is 1. The maximum absolute atomic E-state index is 13.1. The van der Waals surface area contributed by atoms with Gasteiger partial charge < -0.3 is 10.2 Å². The Morgan fingerprint density at radius 2 is 2.33 bits per heavy atom. The molecule has 5 heteroatoms. The number of nitrogens with one attached hydrogen (secondary N) is 1. The van der Waals surface area contributed by atoms with E-state index in [9.17, 15) is 9.18 Å². The Kier molecular flexibility index (Phi) is 2.78. The van der Waals surface area contributed by atoms with Crippen LogP contribution >= 0.6 is 0 Å². The number of nitrogens with zero attached hydrogens (tertiary/aromatic N) is 2. The SMILES string of the molecule is CC1C2CNCC2CN1C(=O)c1cncc(F)c1. The Balaban J connectivity index is 1.81. The van der Waals surface area contributed by atoms with Gasteiger partial charge in [-0.05, 0) is 24.8 Å². The lowest BCUT2D eigenvalue weighted by Crippen LogP contribution is -2.38. The number of aromatic nitrogens is 1. The molecule has 3 heterocycles. The zero-order valence-corrected chi connectivity index (χ0v) is 10.3. The first-order valence-electron chi connectivity index (χ1n) is 6.29. The lowest BCUT2D eigenvalue weighted by Gasteiger charge is -2.24. The van der Waals surface area contributed by atoms with Gasteiger partial charge >= 0.3 is 0 Å². The van der Waals surface area contributed by atoms with Crippen molar-refractivity contribution in [3.05, 3.63) is 29.8 Å². The van der Waals surface area contributed by atoms with Crippen LogP contribution in [0.5, 0.6) is 0 Å². The van der Waals surface area contributed by atoms with Gasteiger partial charge in [0.25, 0.3) is 5.91 Å². The average molecular weight is 249 g/mol. The summed E-state index contributed by atoms with van der Waals surface area (Å²) in [6.45, 7) is 4.77. The summed E-state index contributed by atoms with van der Waals surface area (Å²) >= 11 is 0. The van der Waals surface area contributed by atoms with Gasteiger partial charge in [-0.1, -0.05) is 0 Å². The molecule has 3 atom stereocenters. The molecule has 1 N–H and O–H groups in total. The Morgan fingerprint density at radius 1 is 1.50 bits per heavy atom. The fourth-order valence-electron chi connectivity index (χ4n) is 3.13. The highest BCUT2D eigenvalue weighted by Gasteiger charge is 2.43. The fourth-order valence-corrected chi connectivity index (χ4v) is 3.13. The lowest BCUT2D eigenvalue weighted by molar-refractivity contribution is 0.0727. The molecular formula is C13H16FN3O. The maximum atomic E-state index is 13.1. The summed E-state index contributed by atoms with van der Waals surface area (Å²) in [5.41, 5.74) is 0.342. The van der Waals surface area contributed by atoms with E-state index in [4.69, 9.17) is 0 Å². The molecule has 1 amide bonds. The molecule has 2 aliphatic rings. The number of halogens is 1. The predicted molar refractivity (Wildman–Crippen MR) is 64.5 cm³/mol. The number of amides is 1. The molecule has 0 aromatic carbocycles. The van der Waals surface area contributed by atoms with E-state index in [0.29, 0.717) is 17.4 Å². The normalized spacial score (nSPS) is 30.6. The van der Waals surface area contributed by atoms with Gasteiger partial charge in [-0.25, -0.2) is 4.39 Å². The molecule has 18 heavy (non-hydrogen) atoms. The minimum absolute atomic E-state index is 0.107. The molecule has 0 radical (unpaired) electrons. The minimum Gasteiger partial charge on any atom is -0.335 e. The van der Waals surface area contributed by atoms with Crippen LogP contribution in [0.15, 0.2) is 18.5 Å². The number of carbonyl (C=O) groups is 1. The predicted octanol–water partition coefficient (Wildman–Crippen LogP) is 0.901. The monoisotopic (exact) mass is 249 g/mol. The second-order valence-corrected chi connectivity index (χ2v) is 5.17. The number of rotatable bonds is 1. The number of hydrogen-bond acceptors (Lipinski definition) is 3. The van der Waals surface area contributed by atoms with Crippen molar-refractivity contribution >= 4 is 5.91 Å². The van der Waals surface area contributed by atoms with E-state index in [0.717, 1.165) is 25.8 Å². The van der Waals surface area contributed by atoms with E-state index >= 15 is 0 Å². The third-order valence-corrected chi connectivity index (χ3v) is 4.15. The summed E-state index contributed by atoms with van der Waals surface area (Å²) in [5, 5.41) is 3.35. The molecule has 1 aromatic rings. The molecule has 2 fully saturated rings. The highest BCUT2D eigenvalue weighted by molar-refractivity contribution is 5.94. The quantitative estimate of drug-likeness (QED) is 0.804. The molecule has 0 aliphatic carbocycles. The molecule has 0 spiro atoms. The Labute approximate surface area is 105 Å². The molecule has 3 rings (SSSR count). The van der Waals surface area contributed by atoms with Gasteiger partial charge in [0.05, 0.1) is 11.8 Å². The standard InChI is InChI=1S/C13H16FN3O/c1-8-12-6-16-4-10(12)7-17(8)13(18)9-2-11(14)5-15-3-9/h2-3,5,8,10,12,16H,4,6-7H2,1H3. The van der Waals surface area contributed by atoms with Crippen molar-refractivity contribution in [2.75, 3.05) is 19.6 Å². The van der Waals surface area contributed by atoms with Crippen molar-refractivity contribution < 1.29 is 9.18 Å². The van der Waals surface area contributed by atoms with Crippen molar-refractivity contribution in [1.82, 2.24) is 15.2 Å². The number of pyridine rings is 1. The summed E-state index contributed by atoms with van der Waals surface area (Å²) in [5.74, 6) is 0.486. The summed E-state index contributed by atoms with van der Waals surface area (Å²) in [6, 6.07) is 1.47. The molecule has 3 unspecified atom stereocenters. The van der Waals surface area contributed by atoms with Crippen molar-refractivity contribution in [3.8, 4) is 0 Å². The summed E-state index contributed by atoms with van der Waals surface area (Å²) < 4.78 is 13.1. The first kappa shape index (κ1) is 11.6. The maximum Gasteiger partial charge on any atom is 0.255 e. The van der Waals surface area contributed by atoms with Crippen LogP contribution < -0.4 is 5.32 Å². The van der Waals surface area contributed by atoms with Crippen LogP contribution in [0.25, 0.3) is 0 Å². The van der Waals surface area contributed by atoms with Crippen LogP contribution in [-0.4, -0.2) is 41.5 Å². The van der Waals surface area contributed by atoms with E-state index in [-0.39, 0.29) is 11.9 Å². The van der Waals surface area contributed by atoms with Gasteiger partial charge in [0.15, 0.2) is 0 Å². The molecule has 4 nitrogen and oxygen atoms in total. The highest BCUT2D eigenvalue weighted by Crippen LogP contribution is 2.33. The van der Waals surface area contributed by atoms with Crippen molar-refractivity contribution in [1.29, 1.82) is 0 Å². The Morgan fingerprint density at radius 3 is 3.06 bits per heavy atom. The Bertz CT molecular complexity index is 479. The smallest absolute Gasteiger partial charge is 0.255 e. The fraction of sp³-hybridized carbons (Fsp3) is 0.538. The van der Waals surface area contributed by atoms with Crippen LogP contribution in [0.1, 0.15) is 17.3 Å². The van der Waals surface area contributed by atoms with Crippen LogP contribution in [0.3, 0.4) is 0 Å². The number of carbonyl (C=O) groups excluding carboxylic acids is 1. The summed E-state index contributed by atoms with van der Waals surface area (Å²) in [4.78, 5) is 17.9. The molecule has 1 aromatic heterocycles. The van der Waals surface area contributed by atoms with Crippen molar-refractivity contribution in [2.24, 2.45) is 11.8 Å². The number of likely N-dealkylation sites (tertiary alicyclic amines) is 1. The molecule has 96 valence electrons. The van der Waals surface area contributed by atoms with Crippen molar-refractivity contribution in [2.45, 2.75) is 13.0 Å². The average Bonchev–Trinajstić information content (AvgIpc) is 2.92. The summed E-state index contributed by atoms with van der Waals surface area (Å²) in [6.07, 6.45) is 2.55. The van der Waals surface area contributed by atoms with E-state index in [1.807, 2.05) is 4.90 Å². The van der Waals surface area contributed by atoms with Gasteiger partial charge in [0.1, 0.15) is 5.82 Å². The second-order valence-electron chi connectivity index (χ2n) is 5.17. The molecule has 0 saturated carbocycles. The minimum atomic E-state index is -0.463. The largest absolute Gasteiger partial charge is 0.335 e. The van der Waals surface area contributed by atoms with E-state index in [2.05, 4.69) is 17.2 Å². The topological polar surface area (TPSA) is 45.2 Å². The molecule has 2 aliphatic heterocycles. The molecular weight excluding hydrogens is 233 g/mol.